The Bertz CT molecular complexity index is 727. The number of anilines is 1. The fourth-order valence-electron chi connectivity index (χ4n) is 2.75. The zero-order valence-electron chi connectivity index (χ0n) is 14.4. The summed E-state index contributed by atoms with van der Waals surface area (Å²) in [5, 5.41) is 6.11. The number of pyridine rings is 1. The van der Waals surface area contributed by atoms with E-state index in [0.717, 1.165) is 0 Å². The van der Waals surface area contributed by atoms with Gasteiger partial charge < -0.3 is 19.5 Å². The Hall–Kier alpha value is -2.62. The van der Waals surface area contributed by atoms with E-state index in [9.17, 15) is 18.0 Å². The maximum atomic E-state index is 12.3. The van der Waals surface area contributed by atoms with Crippen LogP contribution in [0.3, 0.4) is 0 Å². The number of aromatic nitrogens is 2. The van der Waals surface area contributed by atoms with Gasteiger partial charge >= 0.3 is 6.18 Å². The zero-order chi connectivity index (χ0) is 19.3. The maximum Gasteiger partial charge on any atom is 0.390 e. The number of rotatable bonds is 6. The second-order valence-corrected chi connectivity index (χ2v) is 6.28. The minimum Gasteiger partial charge on any atom is -0.474 e. The van der Waals surface area contributed by atoms with Crippen molar-refractivity contribution < 1.29 is 27.2 Å². The van der Waals surface area contributed by atoms with Crippen LogP contribution < -0.4 is 10.1 Å². The van der Waals surface area contributed by atoms with E-state index in [0.29, 0.717) is 43.1 Å². The van der Waals surface area contributed by atoms with E-state index < -0.39 is 12.6 Å². The van der Waals surface area contributed by atoms with Gasteiger partial charge in [-0.3, -0.25) is 4.79 Å². The second-order valence-electron chi connectivity index (χ2n) is 6.28. The molecule has 0 spiro atoms. The maximum absolute atomic E-state index is 12.3. The SMILES string of the molecule is O=C(Nc1ccc(OC2CCN(CCC(F)(F)F)CC2)nc1)c1cnoc1. The lowest BCUT2D eigenvalue weighted by atomic mass is 10.1. The summed E-state index contributed by atoms with van der Waals surface area (Å²) < 4.78 is 47.2. The van der Waals surface area contributed by atoms with Crippen LogP contribution in [0.5, 0.6) is 5.88 Å². The van der Waals surface area contributed by atoms with Crippen molar-refractivity contribution in [3.8, 4) is 5.88 Å². The van der Waals surface area contributed by atoms with Crippen LogP contribution in [0.1, 0.15) is 29.6 Å². The molecule has 1 saturated heterocycles. The third-order valence-corrected chi connectivity index (χ3v) is 4.22. The summed E-state index contributed by atoms with van der Waals surface area (Å²) in [7, 11) is 0. The van der Waals surface area contributed by atoms with Gasteiger partial charge in [-0.15, -0.1) is 0 Å². The molecule has 3 rings (SSSR count). The molecule has 2 aromatic heterocycles. The first-order chi connectivity index (χ1) is 12.9. The molecule has 0 radical (unpaired) electrons. The molecule has 0 saturated carbocycles. The number of ether oxygens (including phenoxy) is 1. The van der Waals surface area contributed by atoms with Crippen LogP contribution in [0.4, 0.5) is 18.9 Å². The van der Waals surface area contributed by atoms with E-state index in [1.165, 1.54) is 18.7 Å². The van der Waals surface area contributed by atoms with E-state index in [1.54, 1.807) is 17.0 Å². The third-order valence-electron chi connectivity index (χ3n) is 4.22. The summed E-state index contributed by atoms with van der Waals surface area (Å²) in [6.07, 6.45) is 0.306. The Labute approximate surface area is 153 Å². The molecule has 1 aliphatic rings. The van der Waals surface area contributed by atoms with Crippen molar-refractivity contribution >= 4 is 11.6 Å². The molecule has 0 unspecified atom stereocenters. The minimum atomic E-state index is -4.12. The molecule has 10 heteroatoms. The Balaban J connectivity index is 1.43. The van der Waals surface area contributed by atoms with Gasteiger partial charge in [0.2, 0.25) is 5.88 Å². The van der Waals surface area contributed by atoms with Gasteiger partial charge in [0.15, 0.2) is 0 Å². The number of likely N-dealkylation sites (tertiary alicyclic amines) is 1. The molecular weight excluding hydrogens is 365 g/mol. The predicted molar refractivity (Wildman–Crippen MR) is 89.5 cm³/mol. The first-order valence-corrected chi connectivity index (χ1v) is 8.51. The third kappa shape index (κ3) is 5.95. The molecule has 7 nitrogen and oxygen atoms in total. The standard InChI is InChI=1S/C17H19F3N4O3/c18-17(19,20)5-8-24-6-3-14(4-7-24)27-15-2-1-13(10-21-15)23-16(25)12-9-22-26-11-12/h1-2,9-11,14H,3-8H2,(H,23,25). The van der Waals surface area contributed by atoms with Gasteiger partial charge in [-0.25, -0.2) is 4.98 Å². The van der Waals surface area contributed by atoms with Crippen molar-refractivity contribution in [1.82, 2.24) is 15.0 Å². The molecule has 3 heterocycles. The smallest absolute Gasteiger partial charge is 0.390 e. The van der Waals surface area contributed by atoms with Crippen molar-refractivity contribution in [2.45, 2.75) is 31.5 Å². The van der Waals surface area contributed by atoms with Crippen molar-refractivity contribution in [3.63, 3.8) is 0 Å². The summed E-state index contributed by atoms with van der Waals surface area (Å²) in [5.41, 5.74) is 0.795. The molecule has 2 aromatic rings. The summed E-state index contributed by atoms with van der Waals surface area (Å²) in [6.45, 7) is 1.15. The molecule has 0 aromatic carbocycles. The number of hydrogen-bond donors (Lipinski definition) is 1. The van der Waals surface area contributed by atoms with Crippen LogP contribution in [0.25, 0.3) is 0 Å². The van der Waals surface area contributed by atoms with E-state index >= 15 is 0 Å². The number of nitrogens with zero attached hydrogens (tertiary/aromatic N) is 3. The molecule has 27 heavy (non-hydrogen) atoms. The molecule has 1 aliphatic heterocycles. The van der Waals surface area contributed by atoms with E-state index in [4.69, 9.17) is 4.74 Å². The summed E-state index contributed by atoms with van der Waals surface area (Å²) in [6, 6.07) is 3.30. The molecule has 0 aliphatic carbocycles. The van der Waals surface area contributed by atoms with E-state index in [-0.39, 0.29) is 18.6 Å². The van der Waals surface area contributed by atoms with Crippen LogP contribution in [-0.2, 0) is 0 Å². The van der Waals surface area contributed by atoms with E-state index in [2.05, 4.69) is 20.0 Å². The van der Waals surface area contributed by atoms with Gasteiger partial charge in [-0.2, -0.15) is 13.2 Å². The Morgan fingerprint density at radius 2 is 2.07 bits per heavy atom. The Kier molecular flexibility index (Phi) is 5.94. The number of hydrogen-bond acceptors (Lipinski definition) is 6. The van der Waals surface area contributed by atoms with Gasteiger partial charge in [0.25, 0.3) is 5.91 Å². The lowest BCUT2D eigenvalue weighted by Gasteiger charge is -2.32. The van der Waals surface area contributed by atoms with Crippen molar-refractivity contribution in [3.05, 3.63) is 36.4 Å². The largest absolute Gasteiger partial charge is 0.474 e. The Morgan fingerprint density at radius 3 is 2.67 bits per heavy atom. The van der Waals surface area contributed by atoms with Crippen molar-refractivity contribution in [2.75, 3.05) is 25.0 Å². The number of amides is 1. The van der Waals surface area contributed by atoms with Gasteiger partial charge in [0, 0.05) is 25.7 Å². The predicted octanol–water partition coefficient (Wildman–Crippen LogP) is 3.12. The van der Waals surface area contributed by atoms with Crippen molar-refractivity contribution in [2.24, 2.45) is 0 Å². The highest BCUT2D eigenvalue weighted by Gasteiger charge is 2.29. The summed E-state index contributed by atoms with van der Waals surface area (Å²) in [5.74, 6) is 0.0460. The number of carbonyl (C=O) groups excluding carboxylic acids is 1. The van der Waals surface area contributed by atoms with Crippen LogP contribution in [0.2, 0.25) is 0 Å². The number of carbonyl (C=O) groups is 1. The Morgan fingerprint density at radius 1 is 1.30 bits per heavy atom. The van der Waals surface area contributed by atoms with Gasteiger partial charge in [0.05, 0.1) is 30.1 Å². The lowest BCUT2D eigenvalue weighted by molar-refractivity contribution is -0.138. The second kappa shape index (κ2) is 8.38. The highest BCUT2D eigenvalue weighted by atomic mass is 19.4. The summed E-state index contributed by atoms with van der Waals surface area (Å²) >= 11 is 0. The first kappa shape index (κ1) is 19.2. The van der Waals surface area contributed by atoms with Crippen LogP contribution in [-0.4, -0.2) is 52.9 Å². The number of alkyl halides is 3. The van der Waals surface area contributed by atoms with Gasteiger partial charge in [-0.05, 0) is 18.9 Å². The normalized spacial score (nSPS) is 16.3. The van der Waals surface area contributed by atoms with Crippen molar-refractivity contribution in [1.29, 1.82) is 0 Å². The number of nitrogens with one attached hydrogen (secondary N) is 1. The molecule has 1 N–H and O–H groups in total. The average Bonchev–Trinajstić information content (AvgIpc) is 3.17. The monoisotopic (exact) mass is 384 g/mol. The highest BCUT2D eigenvalue weighted by Crippen LogP contribution is 2.23. The molecule has 0 atom stereocenters. The number of halogens is 3. The molecule has 0 bridgehead atoms. The summed E-state index contributed by atoms with van der Waals surface area (Å²) in [4.78, 5) is 17.8. The topological polar surface area (TPSA) is 80.5 Å². The fourth-order valence-corrected chi connectivity index (χ4v) is 2.75. The molecule has 1 fully saturated rings. The van der Waals surface area contributed by atoms with Crippen LogP contribution >= 0.6 is 0 Å². The first-order valence-electron chi connectivity index (χ1n) is 8.51. The average molecular weight is 384 g/mol. The van der Waals surface area contributed by atoms with Crippen LogP contribution in [0.15, 0.2) is 35.3 Å². The zero-order valence-corrected chi connectivity index (χ0v) is 14.4. The molecule has 1 amide bonds. The lowest BCUT2D eigenvalue weighted by Crippen LogP contribution is -2.39. The number of piperidine rings is 1. The minimum absolute atomic E-state index is 0.0229. The molecular formula is C17H19F3N4O3. The van der Waals surface area contributed by atoms with Gasteiger partial charge in [0.1, 0.15) is 12.4 Å². The van der Waals surface area contributed by atoms with Gasteiger partial charge in [-0.1, -0.05) is 5.16 Å². The van der Waals surface area contributed by atoms with E-state index in [1.807, 2.05) is 0 Å². The molecule has 146 valence electrons. The van der Waals surface area contributed by atoms with Crippen LogP contribution in [0, 0.1) is 0 Å². The quantitative estimate of drug-likeness (QED) is 0.824. The fraction of sp³-hybridized carbons (Fsp3) is 0.471. The highest BCUT2D eigenvalue weighted by molar-refractivity contribution is 6.03.